The molecule has 7 nitrogen and oxygen atoms in total. The molecule has 2 aliphatic heterocycles. The van der Waals surface area contributed by atoms with E-state index in [1.807, 2.05) is 24.0 Å². The standard InChI is InChI=1S/C21H32N4O3.HI/c1-17(2)16-23-21(22-8-5-19-4-3-13-28-19)25-9-6-18(7-10-25)20(26)24-11-14-27-15-12-24;/h3-4,13,18H,1,5-12,14-16H2,2H3,(H,22,23);1H. The van der Waals surface area contributed by atoms with Crippen molar-refractivity contribution in [3.05, 3.63) is 36.3 Å². The molecule has 3 heterocycles. The largest absolute Gasteiger partial charge is 0.469 e. The fraction of sp³-hybridized carbons (Fsp3) is 0.619. The third kappa shape index (κ3) is 7.33. The van der Waals surface area contributed by atoms with Crippen molar-refractivity contribution in [3.63, 3.8) is 0 Å². The van der Waals surface area contributed by atoms with Crippen LogP contribution in [-0.2, 0) is 16.0 Å². The van der Waals surface area contributed by atoms with Crippen LogP contribution in [-0.4, -0.2) is 74.1 Å². The van der Waals surface area contributed by atoms with Crippen LogP contribution in [0.1, 0.15) is 25.5 Å². The van der Waals surface area contributed by atoms with Crippen LogP contribution >= 0.6 is 24.0 Å². The molecule has 1 aromatic heterocycles. The van der Waals surface area contributed by atoms with Crippen molar-refractivity contribution in [3.8, 4) is 0 Å². The van der Waals surface area contributed by atoms with Gasteiger partial charge in [-0.25, -0.2) is 4.99 Å². The monoisotopic (exact) mass is 516 g/mol. The number of amides is 1. The zero-order valence-electron chi connectivity index (χ0n) is 17.3. The molecule has 29 heavy (non-hydrogen) atoms. The molecule has 1 amide bonds. The molecule has 8 heteroatoms. The summed E-state index contributed by atoms with van der Waals surface area (Å²) in [5, 5.41) is 3.45. The number of hydrogen-bond acceptors (Lipinski definition) is 4. The van der Waals surface area contributed by atoms with Gasteiger partial charge in [0.05, 0.1) is 26.0 Å². The predicted molar refractivity (Wildman–Crippen MR) is 125 cm³/mol. The number of carbonyl (C=O) groups excluding carboxylic acids is 1. The van der Waals surface area contributed by atoms with Gasteiger partial charge in [0.25, 0.3) is 0 Å². The van der Waals surface area contributed by atoms with Crippen molar-refractivity contribution in [1.29, 1.82) is 0 Å². The van der Waals surface area contributed by atoms with E-state index in [2.05, 4.69) is 16.8 Å². The molecule has 1 N–H and O–H groups in total. The number of piperidine rings is 1. The number of hydrogen-bond donors (Lipinski definition) is 1. The molecule has 2 fully saturated rings. The second-order valence-electron chi connectivity index (χ2n) is 7.55. The van der Waals surface area contributed by atoms with Crippen LogP contribution in [0, 0.1) is 5.92 Å². The Kier molecular flexibility index (Phi) is 9.99. The number of nitrogens with one attached hydrogen (secondary N) is 1. The maximum Gasteiger partial charge on any atom is 0.225 e. The number of likely N-dealkylation sites (tertiary alicyclic amines) is 1. The molecule has 3 rings (SSSR count). The summed E-state index contributed by atoms with van der Waals surface area (Å²) in [5.74, 6) is 2.25. The first kappa shape index (κ1) is 23.7. The number of nitrogens with zero attached hydrogens (tertiary/aromatic N) is 3. The average molecular weight is 516 g/mol. The van der Waals surface area contributed by atoms with Gasteiger partial charge >= 0.3 is 0 Å². The van der Waals surface area contributed by atoms with Crippen LogP contribution in [0.2, 0.25) is 0 Å². The highest BCUT2D eigenvalue weighted by atomic mass is 127. The van der Waals surface area contributed by atoms with Gasteiger partial charge in [0.15, 0.2) is 5.96 Å². The van der Waals surface area contributed by atoms with Gasteiger partial charge < -0.3 is 24.3 Å². The summed E-state index contributed by atoms with van der Waals surface area (Å²) in [4.78, 5) is 21.7. The SMILES string of the molecule is C=C(C)CN=C(NCCc1ccco1)N1CCC(C(=O)N2CCOCC2)CC1.I. The zero-order valence-corrected chi connectivity index (χ0v) is 19.6. The normalized spacial score (nSPS) is 18.3. The molecule has 2 aliphatic rings. The Labute approximate surface area is 190 Å². The van der Waals surface area contributed by atoms with Crippen molar-refractivity contribution in [2.24, 2.45) is 10.9 Å². The molecular weight excluding hydrogens is 483 g/mol. The lowest BCUT2D eigenvalue weighted by Gasteiger charge is -2.36. The fourth-order valence-corrected chi connectivity index (χ4v) is 3.61. The van der Waals surface area contributed by atoms with Gasteiger partial charge in [-0.1, -0.05) is 12.2 Å². The van der Waals surface area contributed by atoms with Crippen LogP contribution in [0.15, 0.2) is 40.0 Å². The number of aliphatic imine (C=N–C) groups is 1. The Balaban J connectivity index is 0.00000300. The van der Waals surface area contributed by atoms with Gasteiger partial charge in [-0.2, -0.15) is 0 Å². The van der Waals surface area contributed by atoms with Gasteiger partial charge in [-0.15, -0.1) is 24.0 Å². The molecule has 0 unspecified atom stereocenters. The fourth-order valence-electron chi connectivity index (χ4n) is 3.61. The lowest BCUT2D eigenvalue weighted by atomic mass is 9.95. The van der Waals surface area contributed by atoms with Crippen molar-refractivity contribution in [2.45, 2.75) is 26.2 Å². The third-order valence-electron chi connectivity index (χ3n) is 5.20. The topological polar surface area (TPSA) is 70.3 Å². The van der Waals surface area contributed by atoms with E-state index in [0.29, 0.717) is 19.8 Å². The number of carbonyl (C=O) groups is 1. The smallest absolute Gasteiger partial charge is 0.225 e. The maximum absolute atomic E-state index is 12.7. The minimum Gasteiger partial charge on any atom is -0.469 e. The number of furan rings is 1. The summed E-state index contributed by atoms with van der Waals surface area (Å²) in [5.41, 5.74) is 1.03. The van der Waals surface area contributed by atoms with Crippen molar-refractivity contribution in [1.82, 2.24) is 15.1 Å². The number of morpholine rings is 1. The van der Waals surface area contributed by atoms with Gasteiger partial charge in [0.2, 0.25) is 5.91 Å². The molecule has 2 saturated heterocycles. The van der Waals surface area contributed by atoms with E-state index in [0.717, 1.165) is 69.3 Å². The van der Waals surface area contributed by atoms with E-state index >= 15 is 0 Å². The Hall–Kier alpha value is -1.55. The van der Waals surface area contributed by atoms with Gasteiger partial charge in [0.1, 0.15) is 5.76 Å². The predicted octanol–water partition coefficient (Wildman–Crippen LogP) is 2.53. The molecule has 0 atom stereocenters. The molecule has 162 valence electrons. The molecule has 0 aliphatic carbocycles. The van der Waals surface area contributed by atoms with Crippen molar-refractivity contribution in [2.75, 3.05) is 52.5 Å². The average Bonchev–Trinajstić information content (AvgIpc) is 3.24. The van der Waals surface area contributed by atoms with Crippen LogP contribution in [0.3, 0.4) is 0 Å². The second kappa shape index (κ2) is 12.2. The van der Waals surface area contributed by atoms with Gasteiger partial charge in [-0.3, -0.25) is 4.79 Å². The highest BCUT2D eigenvalue weighted by Crippen LogP contribution is 2.20. The minimum absolute atomic E-state index is 0. The Morgan fingerprint density at radius 1 is 1.24 bits per heavy atom. The Morgan fingerprint density at radius 3 is 2.59 bits per heavy atom. The van der Waals surface area contributed by atoms with Crippen molar-refractivity contribution < 1.29 is 13.9 Å². The summed E-state index contributed by atoms with van der Waals surface area (Å²) in [6.45, 7) is 11.7. The molecule has 0 bridgehead atoms. The summed E-state index contributed by atoms with van der Waals surface area (Å²) >= 11 is 0. The number of halogens is 1. The van der Waals surface area contributed by atoms with E-state index in [9.17, 15) is 4.79 Å². The molecule has 0 spiro atoms. The van der Waals surface area contributed by atoms with E-state index in [1.165, 1.54) is 0 Å². The van der Waals surface area contributed by atoms with Gasteiger partial charge in [0, 0.05) is 45.1 Å². The number of guanidine groups is 1. The second-order valence-corrected chi connectivity index (χ2v) is 7.55. The van der Waals surface area contributed by atoms with E-state index in [4.69, 9.17) is 14.1 Å². The number of rotatable bonds is 6. The first-order valence-electron chi connectivity index (χ1n) is 10.2. The quantitative estimate of drug-likeness (QED) is 0.273. The van der Waals surface area contributed by atoms with Crippen molar-refractivity contribution >= 4 is 35.8 Å². The molecular formula is C21H33IN4O3. The lowest BCUT2D eigenvalue weighted by Crippen LogP contribution is -2.50. The summed E-state index contributed by atoms with van der Waals surface area (Å²) in [7, 11) is 0. The van der Waals surface area contributed by atoms with Crippen LogP contribution < -0.4 is 5.32 Å². The molecule has 0 saturated carbocycles. The molecule has 0 aromatic carbocycles. The first-order chi connectivity index (χ1) is 13.6. The minimum atomic E-state index is 0. The molecule has 0 radical (unpaired) electrons. The summed E-state index contributed by atoms with van der Waals surface area (Å²) in [6, 6.07) is 3.89. The van der Waals surface area contributed by atoms with E-state index in [-0.39, 0.29) is 35.8 Å². The first-order valence-corrected chi connectivity index (χ1v) is 10.2. The number of ether oxygens (including phenoxy) is 1. The Bertz CT molecular complexity index is 663. The molecule has 1 aromatic rings. The van der Waals surface area contributed by atoms with E-state index < -0.39 is 0 Å². The van der Waals surface area contributed by atoms with E-state index in [1.54, 1.807) is 6.26 Å². The van der Waals surface area contributed by atoms with Crippen LogP contribution in [0.5, 0.6) is 0 Å². The van der Waals surface area contributed by atoms with Crippen LogP contribution in [0.25, 0.3) is 0 Å². The maximum atomic E-state index is 12.7. The zero-order chi connectivity index (χ0) is 19.8. The summed E-state index contributed by atoms with van der Waals surface area (Å²) < 4.78 is 10.8. The highest BCUT2D eigenvalue weighted by molar-refractivity contribution is 14.0. The van der Waals surface area contributed by atoms with Gasteiger partial charge in [-0.05, 0) is 31.9 Å². The highest BCUT2D eigenvalue weighted by Gasteiger charge is 2.30. The Morgan fingerprint density at radius 2 is 1.97 bits per heavy atom. The van der Waals surface area contributed by atoms with Crippen LogP contribution in [0.4, 0.5) is 0 Å². The third-order valence-corrected chi connectivity index (χ3v) is 5.20. The summed E-state index contributed by atoms with van der Waals surface area (Å²) in [6.07, 6.45) is 4.23. The lowest BCUT2D eigenvalue weighted by molar-refractivity contribution is -0.140.